The molecule has 0 heterocycles. The number of rotatable bonds is 3. The summed E-state index contributed by atoms with van der Waals surface area (Å²) in [7, 11) is 0. The zero-order valence-corrected chi connectivity index (χ0v) is 11.2. The van der Waals surface area contributed by atoms with Gasteiger partial charge in [0.25, 0.3) is 0 Å². The highest BCUT2D eigenvalue weighted by Crippen LogP contribution is 2.05. The largest absolute Gasteiger partial charge is 0.389 e. The van der Waals surface area contributed by atoms with Crippen LogP contribution in [0.15, 0.2) is 30.3 Å². The van der Waals surface area contributed by atoms with Crippen LogP contribution in [0, 0.1) is 16.6 Å². The Bertz CT molecular complexity index is 424. The van der Waals surface area contributed by atoms with Crippen molar-refractivity contribution in [3.8, 4) is 5.40 Å². The van der Waals surface area contributed by atoms with Crippen molar-refractivity contribution in [2.45, 2.75) is 20.3 Å². The van der Waals surface area contributed by atoms with Crippen molar-refractivity contribution in [3.63, 3.8) is 0 Å². The predicted octanol–water partition coefficient (Wildman–Crippen LogP) is 2.81. The van der Waals surface area contributed by atoms with Crippen molar-refractivity contribution in [1.29, 1.82) is 5.26 Å². The third kappa shape index (κ3) is 7.47. The van der Waals surface area contributed by atoms with Gasteiger partial charge in [-0.3, -0.25) is 4.79 Å². The third-order valence-electron chi connectivity index (χ3n) is 1.79. The zero-order valence-electron chi connectivity index (χ0n) is 10.3. The first-order valence-electron chi connectivity index (χ1n) is 5.34. The van der Waals surface area contributed by atoms with Gasteiger partial charge in [0, 0.05) is 6.42 Å². The minimum absolute atomic E-state index is 0.195. The summed E-state index contributed by atoms with van der Waals surface area (Å²) in [5.41, 5.74) is 0.398. The van der Waals surface area contributed by atoms with Gasteiger partial charge in [-0.15, -0.1) is 0 Å². The molecule has 0 aliphatic carbocycles. The van der Waals surface area contributed by atoms with E-state index in [4.69, 9.17) is 5.26 Å². The first kappa shape index (κ1) is 16.2. The maximum absolute atomic E-state index is 11.4. The number of carbonyl (C=O) groups excluding carboxylic acids is 2. The molecule has 0 atom stereocenters. The molecular formula is C13H15NO3S. The van der Waals surface area contributed by atoms with Gasteiger partial charge in [0.2, 0.25) is 0 Å². The molecule has 0 fully saturated rings. The molecule has 4 nitrogen and oxygen atoms in total. The number of nitrogens with zero attached hydrogens (tertiary/aromatic N) is 1. The van der Waals surface area contributed by atoms with Crippen LogP contribution < -0.4 is 0 Å². The first-order valence-corrected chi connectivity index (χ1v) is 5.79. The van der Waals surface area contributed by atoms with E-state index in [1.807, 2.05) is 13.8 Å². The molecule has 0 saturated heterocycles. The fraction of sp³-hybridized carbons (Fsp3) is 0.308. The lowest BCUT2D eigenvalue weighted by molar-refractivity contribution is -0.138. The zero-order chi connectivity index (χ0) is 14.0. The fourth-order valence-electron chi connectivity index (χ4n) is 1.11. The molecule has 0 radical (unpaired) electrons. The number of thiocyanates is 1. The van der Waals surface area contributed by atoms with Gasteiger partial charge < -0.3 is 4.74 Å². The highest BCUT2D eigenvalue weighted by molar-refractivity contribution is 7.85. The van der Waals surface area contributed by atoms with Crippen LogP contribution in [-0.2, 0) is 9.53 Å². The van der Waals surface area contributed by atoms with Crippen LogP contribution in [0.5, 0.6) is 0 Å². The van der Waals surface area contributed by atoms with E-state index < -0.39 is 11.9 Å². The summed E-state index contributed by atoms with van der Waals surface area (Å²) in [5.74, 6) is -0.860. The van der Waals surface area contributed by atoms with E-state index in [0.717, 1.165) is 0 Å². The normalized spacial score (nSPS) is 8.83. The van der Waals surface area contributed by atoms with Gasteiger partial charge in [0.15, 0.2) is 0 Å². The maximum atomic E-state index is 11.4. The average molecular weight is 265 g/mol. The third-order valence-corrected chi connectivity index (χ3v) is 1.79. The lowest BCUT2D eigenvalue weighted by Gasteiger charge is -2.04. The Kier molecular flexibility index (Phi) is 8.33. The quantitative estimate of drug-likeness (QED) is 0.395. The van der Waals surface area contributed by atoms with Crippen LogP contribution >= 0.6 is 12.6 Å². The summed E-state index contributed by atoms with van der Waals surface area (Å²) in [4.78, 5) is 22.6. The maximum Gasteiger partial charge on any atom is 0.345 e. The van der Waals surface area contributed by atoms with E-state index in [9.17, 15) is 9.59 Å². The standard InChI is InChI=1S/C12H14O3.CHNS/c1-9(2)8-11(13)15-12(14)10-6-4-3-5-7-10;2-1-3/h3-7,9H,8H2,1-2H3;3H. The van der Waals surface area contributed by atoms with E-state index in [0.29, 0.717) is 5.56 Å². The molecule has 0 N–H and O–H groups in total. The van der Waals surface area contributed by atoms with E-state index in [2.05, 4.69) is 17.4 Å². The second-order valence-corrected chi connectivity index (χ2v) is 4.03. The highest BCUT2D eigenvalue weighted by Gasteiger charge is 2.13. The van der Waals surface area contributed by atoms with Crippen LogP contribution in [0.25, 0.3) is 0 Å². The van der Waals surface area contributed by atoms with Crippen LogP contribution in [0.4, 0.5) is 0 Å². The number of hydrogen-bond donors (Lipinski definition) is 1. The molecule has 96 valence electrons. The Hall–Kier alpha value is -1.80. The molecule has 0 aliphatic rings. The summed E-state index contributed by atoms with van der Waals surface area (Å²) >= 11 is 3.09. The minimum atomic E-state index is -0.582. The van der Waals surface area contributed by atoms with Crippen molar-refractivity contribution in [1.82, 2.24) is 0 Å². The summed E-state index contributed by atoms with van der Waals surface area (Å²) in [6, 6.07) is 8.48. The van der Waals surface area contributed by atoms with Gasteiger partial charge in [-0.25, -0.2) is 4.79 Å². The van der Waals surface area contributed by atoms with Gasteiger partial charge in [0.1, 0.15) is 5.40 Å². The van der Waals surface area contributed by atoms with Crippen molar-refractivity contribution >= 4 is 24.6 Å². The lowest BCUT2D eigenvalue weighted by Crippen LogP contribution is -2.14. The number of carbonyl (C=O) groups is 2. The SMILES string of the molecule is CC(C)CC(=O)OC(=O)c1ccccc1.N#CS. The molecule has 0 spiro atoms. The van der Waals surface area contributed by atoms with Crippen molar-refractivity contribution < 1.29 is 14.3 Å². The van der Waals surface area contributed by atoms with Gasteiger partial charge in [0.05, 0.1) is 5.56 Å². The summed E-state index contributed by atoms with van der Waals surface area (Å²) < 4.78 is 4.67. The van der Waals surface area contributed by atoms with E-state index >= 15 is 0 Å². The van der Waals surface area contributed by atoms with Crippen molar-refractivity contribution in [3.05, 3.63) is 35.9 Å². The molecular weight excluding hydrogens is 250 g/mol. The van der Waals surface area contributed by atoms with Crippen LogP contribution in [0.2, 0.25) is 0 Å². The molecule has 0 saturated carbocycles. The highest BCUT2D eigenvalue weighted by atomic mass is 32.1. The van der Waals surface area contributed by atoms with Crippen LogP contribution in [0.1, 0.15) is 30.6 Å². The van der Waals surface area contributed by atoms with Gasteiger partial charge in [-0.05, 0) is 18.1 Å². The Labute approximate surface area is 112 Å². The first-order chi connectivity index (χ1) is 8.51. The number of thiol groups is 1. The van der Waals surface area contributed by atoms with E-state index in [1.165, 1.54) is 5.40 Å². The number of nitriles is 1. The molecule has 0 aromatic heterocycles. The molecule has 1 aromatic rings. The van der Waals surface area contributed by atoms with Crippen molar-refractivity contribution in [2.24, 2.45) is 5.92 Å². The fourth-order valence-corrected chi connectivity index (χ4v) is 1.11. The number of benzene rings is 1. The van der Waals surface area contributed by atoms with Gasteiger partial charge in [-0.2, -0.15) is 5.26 Å². The lowest BCUT2D eigenvalue weighted by atomic mass is 10.1. The van der Waals surface area contributed by atoms with E-state index in [-0.39, 0.29) is 12.3 Å². The van der Waals surface area contributed by atoms with Crippen LogP contribution in [-0.4, -0.2) is 11.9 Å². The smallest absolute Gasteiger partial charge is 0.345 e. The summed E-state index contributed by atoms with van der Waals surface area (Å²) in [6.07, 6.45) is 0.262. The van der Waals surface area contributed by atoms with Gasteiger partial charge in [-0.1, -0.05) is 44.7 Å². The Morgan fingerprint density at radius 3 is 2.28 bits per heavy atom. The van der Waals surface area contributed by atoms with Gasteiger partial charge >= 0.3 is 11.9 Å². The second kappa shape index (κ2) is 9.25. The summed E-state index contributed by atoms with van der Waals surface area (Å²) in [5, 5.41) is 8.63. The summed E-state index contributed by atoms with van der Waals surface area (Å²) in [6.45, 7) is 3.79. The average Bonchev–Trinajstić information content (AvgIpc) is 2.30. The van der Waals surface area contributed by atoms with E-state index in [1.54, 1.807) is 30.3 Å². The van der Waals surface area contributed by atoms with Crippen molar-refractivity contribution in [2.75, 3.05) is 0 Å². The number of ether oxygens (including phenoxy) is 1. The molecule has 0 amide bonds. The molecule has 0 aliphatic heterocycles. The molecule has 1 rings (SSSR count). The molecule has 0 unspecified atom stereocenters. The Morgan fingerprint density at radius 2 is 1.83 bits per heavy atom. The number of hydrogen-bond acceptors (Lipinski definition) is 5. The van der Waals surface area contributed by atoms with Crippen LogP contribution in [0.3, 0.4) is 0 Å². The molecule has 1 aromatic carbocycles. The second-order valence-electron chi connectivity index (χ2n) is 3.83. The minimum Gasteiger partial charge on any atom is -0.389 e. The Balaban J connectivity index is 0.000000873. The topological polar surface area (TPSA) is 67.2 Å². The number of esters is 2. The molecule has 5 heteroatoms. The molecule has 0 bridgehead atoms. The predicted molar refractivity (Wildman–Crippen MR) is 70.9 cm³/mol. The monoisotopic (exact) mass is 265 g/mol. The molecule has 18 heavy (non-hydrogen) atoms. The Morgan fingerprint density at radius 1 is 1.33 bits per heavy atom.